The van der Waals surface area contributed by atoms with E-state index in [4.69, 9.17) is 0 Å². The molecule has 1 N–H and O–H groups in total. The number of alkyl halides is 3. The summed E-state index contributed by atoms with van der Waals surface area (Å²) in [5.41, 5.74) is 0.321. The predicted octanol–water partition coefficient (Wildman–Crippen LogP) is 3.71. The van der Waals surface area contributed by atoms with Gasteiger partial charge in [-0.1, -0.05) is 12.1 Å². The van der Waals surface area contributed by atoms with Crippen molar-refractivity contribution in [1.82, 2.24) is 15.4 Å². The molecule has 1 aromatic carbocycles. The predicted molar refractivity (Wildman–Crippen MR) is 90.7 cm³/mol. The maximum Gasteiger partial charge on any atom is 0.574 e. The molecule has 0 spiro atoms. The van der Waals surface area contributed by atoms with Crippen LogP contribution in [0.5, 0.6) is 5.88 Å². The van der Waals surface area contributed by atoms with Gasteiger partial charge in [0.2, 0.25) is 5.88 Å². The van der Waals surface area contributed by atoms with E-state index in [0.717, 1.165) is 23.3 Å². The number of carbonyl (C=O) groups excluding carboxylic acids is 2. The maximum absolute atomic E-state index is 13.8. The molecule has 0 radical (unpaired) electrons. The molecule has 0 aliphatic heterocycles. The number of nitrogens with zero attached hydrogens (tertiary/aromatic N) is 2. The van der Waals surface area contributed by atoms with Crippen molar-refractivity contribution in [3.8, 4) is 5.88 Å². The zero-order valence-electron chi connectivity index (χ0n) is 15.2. The number of hydrogen-bond acceptors (Lipinski definition) is 4. The van der Waals surface area contributed by atoms with Crippen LogP contribution in [0.15, 0.2) is 42.6 Å². The second-order valence-electron chi connectivity index (χ2n) is 6.64. The lowest BCUT2D eigenvalue weighted by Crippen LogP contribution is -2.56. The van der Waals surface area contributed by atoms with E-state index in [2.05, 4.69) is 15.1 Å². The van der Waals surface area contributed by atoms with E-state index in [-0.39, 0.29) is 5.56 Å². The highest BCUT2D eigenvalue weighted by atomic mass is 19.4. The third-order valence-electron chi connectivity index (χ3n) is 3.42. The molecular weight excluding hydrogens is 382 g/mol. The highest BCUT2D eigenvalue weighted by Gasteiger charge is 2.36. The van der Waals surface area contributed by atoms with Crippen molar-refractivity contribution in [1.29, 1.82) is 0 Å². The van der Waals surface area contributed by atoms with E-state index in [0.29, 0.717) is 0 Å². The summed E-state index contributed by atoms with van der Waals surface area (Å²) < 4.78 is 55.4. The number of pyridine rings is 1. The van der Waals surface area contributed by atoms with Crippen molar-refractivity contribution in [3.05, 3.63) is 59.5 Å². The van der Waals surface area contributed by atoms with Crippen LogP contribution in [0.4, 0.5) is 17.6 Å². The number of aromatic nitrogens is 1. The van der Waals surface area contributed by atoms with Gasteiger partial charge in [-0.3, -0.25) is 15.0 Å². The van der Waals surface area contributed by atoms with Gasteiger partial charge in [0.15, 0.2) is 0 Å². The van der Waals surface area contributed by atoms with Gasteiger partial charge in [0.05, 0.1) is 11.1 Å². The zero-order valence-corrected chi connectivity index (χ0v) is 15.2. The van der Waals surface area contributed by atoms with E-state index < -0.39 is 41.0 Å². The van der Waals surface area contributed by atoms with Crippen LogP contribution in [-0.4, -0.2) is 33.7 Å². The van der Waals surface area contributed by atoms with E-state index in [1.54, 1.807) is 0 Å². The first-order valence-electron chi connectivity index (χ1n) is 8.01. The van der Waals surface area contributed by atoms with Crippen molar-refractivity contribution >= 4 is 11.8 Å². The summed E-state index contributed by atoms with van der Waals surface area (Å²) in [5, 5.41) is 0.794. The third-order valence-corrected chi connectivity index (χ3v) is 3.42. The molecule has 0 atom stereocenters. The van der Waals surface area contributed by atoms with Gasteiger partial charge in [0, 0.05) is 6.20 Å². The molecule has 2 amide bonds. The lowest BCUT2D eigenvalue weighted by atomic mass is 10.1. The van der Waals surface area contributed by atoms with Crippen LogP contribution >= 0.6 is 0 Å². The molecule has 1 heterocycles. The number of hydrogen-bond donors (Lipinski definition) is 1. The number of ether oxygens (including phenoxy) is 1. The standard InChI is InChI=1S/C18H17F4N3O3/c1-17(2,3)25(24-14(26)11-7-4-5-9-13(11)19)16(27)12-8-6-10-23-15(12)28-18(20,21)22/h4-10H,1-3H3,(H,24,26). The Labute approximate surface area is 158 Å². The van der Waals surface area contributed by atoms with Gasteiger partial charge < -0.3 is 4.74 Å². The highest BCUT2D eigenvalue weighted by molar-refractivity contribution is 6.00. The molecule has 2 rings (SSSR count). The smallest absolute Gasteiger partial charge is 0.387 e. The normalized spacial score (nSPS) is 11.7. The number of halogens is 4. The van der Waals surface area contributed by atoms with Crippen LogP contribution in [0, 0.1) is 5.82 Å². The van der Waals surface area contributed by atoms with Crippen molar-refractivity contribution < 1.29 is 31.9 Å². The van der Waals surface area contributed by atoms with Crippen LogP contribution in [0.2, 0.25) is 0 Å². The summed E-state index contributed by atoms with van der Waals surface area (Å²) in [4.78, 5) is 28.7. The molecular formula is C18H17F4N3O3. The Bertz CT molecular complexity index is 879. The van der Waals surface area contributed by atoms with Crippen molar-refractivity contribution in [2.45, 2.75) is 32.7 Å². The van der Waals surface area contributed by atoms with E-state index >= 15 is 0 Å². The molecule has 0 saturated heterocycles. The Morgan fingerprint density at radius 2 is 1.64 bits per heavy atom. The van der Waals surface area contributed by atoms with Gasteiger partial charge in [-0.2, -0.15) is 0 Å². The molecule has 0 bridgehead atoms. The van der Waals surface area contributed by atoms with Crippen molar-refractivity contribution in [2.24, 2.45) is 0 Å². The first-order valence-corrected chi connectivity index (χ1v) is 8.01. The molecule has 0 aliphatic carbocycles. The molecule has 2 aromatic rings. The summed E-state index contributed by atoms with van der Waals surface area (Å²) in [7, 11) is 0. The largest absolute Gasteiger partial charge is 0.574 e. The molecule has 6 nitrogen and oxygen atoms in total. The number of nitrogens with one attached hydrogen (secondary N) is 1. The lowest BCUT2D eigenvalue weighted by molar-refractivity contribution is -0.276. The Hall–Kier alpha value is -3.17. The number of carbonyl (C=O) groups is 2. The van der Waals surface area contributed by atoms with Gasteiger partial charge in [-0.15, -0.1) is 13.2 Å². The third kappa shape index (κ3) is 5.18. The Morgan fingerprint density at radius 3 is 2.21 bits per heavy atom. The molecule has 0 aliphatic rings. The summed E-state index contributed by atoms with van der Waals surface area (Å²) >= 11 is 0. The molecule has 0 unspecified atom stereocenters. The summed E-state index contributed by atoms with van der Waals surface area (Å²) in [6.45, 7) is 4.60. The van der Waals surface area contributed by atoms with Crippen LogP contribution in [0.3, 0.4) is 0 Å². The second kappa shape index (κ2) is 7.83. The fraction of sp³-hybridized carbons (Fsp3) is 0.278. The summed E-state index contributed by atoms with van der Waals surface area (Å²) in [6, 6.07) is 7.40. The highest BCUT2D eigenvalue weighted by Crippen LogP contribution is 2.26. The van der Waals surface area contributed by atoms with Crippen LogP contribution in [-0.2, 0) is 0 Å². The minimum absolute atomic E-state index is 0.331. The fourth-order valence-corrected chi connectivity index (χ4v) is 2.20. The summed E-state index contributed by atoms with van der Waals surface area (Å²) in [5.74, 6) is -3.73. The Morgan fingerprint density at radius 1 is 1.04 bits per heavy atom. The topological polar surface area (TPSA) is 71.5 Å². The van der Waals surface area contributed by atoms with Gasteiger partial charge in [0.1, 0.15) is 11.4 Å². The summed E-state index contributed by atoms with van der Waals surface area (Å²) in [6.07, 6.45) is -4.04. The maximum atomic E-state index is 13.8. The minimum Gasteiger partial charge on any atom is -0.387 e. The second-order valence-corrected chi connectivity index (χ2v) is 6.64. The van der Waals surface area contributed by atoms with E-state index in [1.165, 1.54) is 45.0 Å². The van der Waals surface area contributed by atoms with Gasteiger partial charge in [-0.05, 0) is 45.0 Å². The molecule has 0 saturated carbocycles. The first-order chi connectivity index (χ1) is 12.9. The first kappa shape index (κ1) is 21.1. The molecule has 1 aromatic heterocycles. The number of benzene rings is 1. The van der Waals surface area contributed by atoms with Crippen LogP contribution in [0.25, 0.3) is 0 Å². The molecule has 28 heavy (non-hydrogen) atoms. The van der Waals surface area contributed by atoms with Crippen LogP contribution in [0.1, 0.15) is 41.5 Å². The van der Waals surface area contributed by atoms with Gasteiger partial charge in [0.25, 0.3) is 11.8 Å². The molecule has 10 heteroatoms. The van der Waals surface area contributed by atoms with E-state index in [1.807, 2.05) is 0 Å². The number of amides is 2. The molecule has 150 valence electrons. The molecule has 0 fully saturated rings. The van der Waals surface area contributed by atoms with Crippen LogP contribution < -0.4 is 10.2 Å². The fourth-order valence-electron chi connectivity index (χ4n) is 2.20. The SMILES string of the molecule is CC(C)(C)N(NC(=O)c1ccccc1F)C(=O)c1cccnc1OC(F)(F)F. The van der Waals surface area contributed by atoms with Crippen molar-refractivity contribution in [3.63, 3.8) is 0 Å². The zero-order chi connectivity index (χ0) is 21.1. The minimum atomic E-state index is -5.06. The van der Waals surface area contributed by atoms with Gasteiger partial charge in [-0.25, -0.2) is 14.4 Å². The Balaban J connectivity index is 2.39. The van der Waals surface area contributed by atoms with Gasteiger partial charge >= 0.3 is 6.36 Å². The van der Waals surface area contributed by atoms with E-state index in [9.17, 15) is 27.2 Å². The average Bonchev–Trinajstić information content (AvgIpc) is 2.57. The number of rotatable bonds is 3. The lowest BCUT2D eigenvalue weighted by Gasteiger charge is -2.35. The number of hydrazine groups is 1. The average molecular weight is 399 g/mol. The quantitative estimate of drug-likeness (QED) is 0.631. The Kier molecular flexibility index (Phi) is 5.91. The monoisotopic (exact) mass is 399 g/mol. The van der Waals surface area contributed by atoms with Crippen molar-refractivity contribution in [2.75, 3.05) is 0 Å².